The molecule has 0 aromatic heterocycles. The summed E-state index contributed by atoms with van der Waals surface area (Å²) in [5, 5.41) is 6.03. The van der Waals surface area contributed by atoms with Crippen LogP contribution in [-0.2, 0) is 9.59 Å². The number of carbonyl (C=O) groups is 2. The molecule has 3 rings (SSSR count). The summed E-state index contributed by atoms with van der Waals surface area (Å²) in [5.41, 5.74) is 1.94. The molecule has 7 heteroatoms. The Morgan fingerprint density at radius 2 is 1.92 bits per heavy atom. The Kier molecular flexibility index (Phi) is 6.32. The standard InChI is InChI=1S/C19H27BrN4O2/c1-13-3-6-17(16(20)11-13)22-19(26)14(2)24-9-7-23(8-10-24)12-18(25)21-15-4-5-15/h3,6,11,14-15H,4-5,7-10,12H2,1-2H3,(H,21,25)(H,22,26)/t14-/m0/s1. The first-order valence-corrected chi connectivity index (χ1v) is 10.0. The molecule has 1 saturated heterocycles. The lowest BCUT2D eigenvalue weighted by atomic mass is 10.2. The average Bonchev–Trinajstić information content (AvgIpc) is 3.41. The summed E-state index contributed by atoms with van der Waals surface area (Å²) in [6, 6.07) is 6.10. The minimum Gasteiger partial charge on any atom is -0.352 e. The Labute approximate surface area is 163 Å². The van der Waals surface area contributed by atoms with Crippen molar-refractivity contribution in [1.29, 1.82) is 0 Å². The molecule has 0 unspecified atom stereocenters. The number of carbonyl (C=O) groups excluding carboxylic acids is 2. The largest absolute Gasteiger partial charge is 0.352 e. The predicted octanol–water partition coefficient (Wildman–Crippen LogP) is 1.98. The van der Waals surface area contributed by atoms with E-state index in [2.05, 4.69) is 36.4 Å². The van der Waals surface area contributed by atoms with Gasteiger partial charge in [0.2, 0.25) is 11.8 Å². The molecule has 0 bridgehead atoms. The van der Waals surface area contributed by atoms with Crippen LogP contribution in [0, 0.1) is 6.92 Å². The van der Waals surface area contributed by atoms with Crippen molar-refractivity contribution in [1.82, 2.24) is 15.1 Å². The molecule has 1 atom stereocenters. The van der Waals surface area contributed by atoms with E-state index in [-0.39, 0.29) is 17.9 Å². The fourth-order valence-electron chi connectivity index (χ4n) is 3.14. The van der Waals surface area contributed by atoms with Crippen molar-refractivity contribution in [2.45, 2.75) is 38.8 Å². The molecule has 26 heavy (non-hydrogen) atoms. The number of hydrogen-bond donors (Lipinski definition) is 2. The third-order valence-corrected chi connectivity index (χ3v) is 5.68. The number of aryl methyl sites for hydroxylation is 1. The van der Waals surface area contributed by atoms with E-state index in [0.29, 0.717) is 12.6 Å². The number of nitrogens with one attached hydrogen (secondary N) is 2. The Morgan fingerprint density at radius 3 is 2.54 bits per heavy atom. The second-order valence-corrected chi connectivity index (χ2v) is 8.16. The molecule has 0 spiro atoms. The molecule has 1 aromatic carbocycles. The lowest BCUT2D eigenvalue weighted by Crippen LogP contribution is -2.54. The SMILES string of the molecule is Cc1ccc(NC(=O)[C@H](C)N2CCN(CC(=O)NC3CC3)CC2)c(Br)c1. The van der Waals surface area contributed by atoms with E-state index >= 15 is 0 Å². The summed E-state index contributed by atoms with van der Waals surface area (Å²) in [6.07, 6.45) is 2.23. The molecule has 0 radical (unpaired) electrons. The van der Waals surface area contributed by atoms with Crippen LogP contribution < -0.4 is 10.6 Å². The minimum absolute atomic E-state index is 0.00511. The summed E-state index contributed by atoms with van der Waals surface area (Å²) in [6.45, 7) is 7.62. The summed E-state index contributed by atoms with van der Waals surface area (Å²) >= 11 is 3.50. The van der Waals surface area contributed by atoms with Gasteiger partial charge in [-0.3, -0.25) is 19.4 Å². The zero-order valence-electron chi connectivity index (χ0n) is 15.4. The number of rotatable bonds is 6. The van der Waals surface area contributed by atoms with Crippen molar-refractivity contribution in [3.63, 3.8) is 0 Å². The van der Waals surface area contributed by atoms with Crippen LogP contribution >= 0.6 is 15.9 Å². The van der Waals surface area contributed by atoms with E-state index < -0.39 is 0 Å². The highest BCUT2D eigenvalue weighted by Gasteiger charge is 2.28. The van der Waals surface area contributed by atoms with E-state index in [1.54, 1.807) is 0 Å². The van der Waals surface area contributed by atoms with Crippen molar-refractivity contribution in [2.24, 2.45) is 0 Å². The highest BCUT2D eigenvalue weighted by Crippen LogP contribution is 2.24. The summed E-state index contributed by atoms with van der Waals surface area (Å²) < 4.78 is 0.893. The molecule has 1 saturated carbocycles. The number of amides is 2. The van der Waals surface area contributed by atoms with E-state index in [9.17, 15) is 9.59 Å². The van der Waals surface area contributed by atoms with Gasteiger partial charge in [-0.2, -0.15) is 0 Å². The number of halogens is 1. The van der Waals surface area contributed by atoms with Crippen molar-refractivity contribution in [3.05, 3.63) is 28.2 Å². The predicted molar refractivity (Wildman–Crippen MR) is 106 cm³/mol. The monoisotopic (exact) mass is 422 g/mol. The molecule has 6 nitrogen and oxygen atoms in total. The maximum Gasteiger partial charge on any atom is 0.241 e. The first-order chi connectivity index (χ1) is 12.4. The molecule has 1 aromatic rings. The van der Waals surface area contributed by atoms with Crippen molar-refractivity contribution in [2.75, 3.05) is 38.0 Å². The molecular formula is C19H27BrN4O2. The fourth-order valence-corrected chi connectivity index (χ4v) is 3.73. The van der Waals surface area contributed by atoms with Gasteiger partial charge in [-0.1, -0.05) is 6.07 Å². The van der Waals surface area contributed by atoms with Gasteiger partial charge in [0.1, 0.15) is 0 Å². The quantitative estimate of drug-likeness (QED) is 0.735. The summed E-state index contributed by atoms with van der Waals surface area (Å²) in [5.74, 6) is 0.116. The van der Waals surface area contributed by atoms with E-state index in [1.807, 2.05) is 32.0 Å². The smallest absolute Gasteiger partial charge is 0.241 e. The second kappa shape index (κ2) is 8.50. The van der Waals surface area contributed by atoms with E-state index in [4.69, 9.17) is 0 Å². The lowest BCUT2D eigenvalue weighted by molar-refractivity contribution is -0.124. The Hall–Kier alpha value is -1.44. The third kappa shape index (κ3) is 5.28. The highest BCUT2D eigenvalue weighted by atomic mass is 79.9. The normalized spacial score (nSPS) is 19.8. The lowest BCUT2D eigenvalue weighted by Gasteiger charge is -2.37. The van der Waals surface area contributed by atoms with Crippen molar-refractivity contribution < 1.29 is 9.59 Å². The molecule has 1 heterocycles. The maximum absolute atomic E-state index is 12.6. The highest BCUT2D eigenvalue weighted by molar-refractivity contribution is 9.10. The van der Waals surface area contributed by atoms with Gasteiger partial charge in [-0.05, 0) is 60.3 Å². The van der Waals surface area contributed by atoms with E-state index in [1.165, 1.54) is 0 Å². The first kappa shape index (κ1) is 19.3. The van der Waals surface area contributed by atoms with Gasteiger partial charge in [0.15, 0.2) is 0 Å². The van der Waals surface area contributed by atoms with Gasteiger partial charge in [-0.15, -0.1) is 0 Å². The van der Waals surface area contributed by atoms with Crippen LogP contribution in [0.15, 0.2) is 22.7 Å². The Bertz CT molecular complexity index is 670. The molecular weight excluding hydrogens is 396 g/mol. The minimum atomic E-state index is -0.203. The van der Waals surface area contributed by atoms with Crippen LogP contribution in [0.25, 0.3) is 0 Å². The van der Waals surface area contributed by atoms with Crippen LogP contribution in [-0.4, -0.2) is 66.4 Å². The van der Waals surface area contributed by atoms with Crippen molar-refractivity contribution in [3.8, 4) is 0 Å². The number of hydrogen-bond acceptors (Lipinski definition) is 4. The topological polar surface area (TPSA) is 64.7 Å². The molecule has 2 aliphatic rings. The molecule has 2 fully saturated rings. The molecule has 2 N–H and O–H groups in total. The van der Waals surface area contributed by atoms with Crippen molar-refractivity contribution >= 4 is 33.4 Å². The van der Waals surface area contributed by atoms with Gasteiger partial charge >= 0.3 is 0 Å². The van der Waals surface area contributed by atoms with Gasteiger partial charge in [0.05, 0.1) is 18.3 Å². The number of benzene rings is 1. The van der Waals surface area contributed by atoms with Crippen LogP contribution in [0.3, 0.4) is 0 Å². The van der Waals surface area contributed by atoms with Crippen LogP contribution in [0.5, 0.6) is 0 Å². The van der Waals surface area contributed by atoms with E-state index in [0.717, 1.165) is 54.7 Å². The number of anilines is 1. The fraction of sp³-hybridized carbons (Fsp3) is 0.579. The van der Waals surface area contributed by atoms with Gasteiger partial charge in [-0.25, -0.2) is 0 Å². The molecule has 1 aliphatic carbocycles. The molecule has 2 amide bonds. The van der Waals surface area contributed by atoms with Crippen LogP contribution in [0.4, 0.5) is 5.69 Å². The maximum atomic E-state index is 12.6. The zero-order chi connectivity index (χ0) is 18.7. The zero-order valence-corrected chi connectivity index (χ0v) is 17.0. The number of nitrogens with zero attached hydrogens (tertiary/aromatic N) is 2. The molecule has 142 valence electrons. The summed E-state index contributed by atoms with van der Waals surface area (Å²) in [4.78, 5) is 28.8. The number of piperazine rings is 1. The average molecular weight is 423 g/mol. The van der Waals surface area contributed by atoms with Crippen LogP contribution in [0.1, 0.15) is 25.3 Å². The molecule has 1 aliphatic heterocycles. The van der Waals surface area contributed by atoms with Crippen LogP contribution in [0.2, 0.25) is 0 Å². The summed E-state index contributed by atoms with van der Waals surface area (Å²) in [7, 11) is 0. The third-order valence-electron chi connectivity index (χ3n) is 5.03. The second-order valence-electron chi connectivity index (χ2n) is 7.30. The van der Waals surface area contributed by atoms with Gasteiger partial charge in [0, 0.05) is 36.7 Å². The van der Waals surface area contributed by atoms with Gasteiger partial charge < -0.3 is 10.6 Å². The van der Waals surface area contributed by atoms with Gasteiger partial charge in [0.25, 0.3) is 0 Å². The first-order valence-electron chi connectivity index (χ1n) is 9.25. The Morgan fingerprint density at radius 1 is 1.23 bits per heavy atom. The Balaban J connectivity index is 1.45.